The summed E-state index contributed by atoms with van der Waals surface area (Å²) in [6.07, 6.45) is 6.33. The molecule has 1 aromatic heterocycles. The summed E-state index contributed by atoms with van der Waals surface area (Å²) in [6, 6.07) is 1.91. The highest BCUT2D eigenvalue weighted by Crippen LogP contribution is 2.17. The Morgan fingerprint density at radius 3 is 3.22 bits per heavy atom. The van der Waals surface area contributed by atoms with Crippen LogP contribution in [0, 0.1) is 11.8 Å². The van der Waals surface area contributed by atoms with E-state index in [1.165, 1.54) is 0 Å². The van der Waals surface area contributed by atoms with Gasteiger partial charge in [0.05, 0.1) is 12.8 Å². The molecule has 0 spiro atoms. The standard InChI is InChI=1S/C14H16ClNO2/c15-6-2-1-4-12-8-14(10-16-9-12)18-13-5-3-7-17-11-13/h8-10,13H,2-3,5-7,11H2. The fourth-order valence-corrected chi connectivity index (χ4v) is 1.85. The lowest BCUT2D eigenvalue weighted by molar-refractivity contribution is 0.00727. The Bertz CT molecular complexity index is 433. The van der Waals surface area contributed by atoms with E-state index in [4.69, 9.17) is 21.1 Å². The van der Waals surface area contributed by atoms with Crippen LogP contribution in [0.1, 0.15) is 24.8 Å². The highest BCUT2D eigenvalue weighted by atomic mass is 35.5. The summed E-state index contributed by atoms with van der Waals surface area (Å²) in [7, 11) is 0. The Kier molecular flexibility index (Phi) is 5.32. The molecule has 1 unspecified atom stereocenters. The van der Waals surface area contributed by atoms with Crippen LogP contribution in [-0.4, -0.2) is 30.2 Å². The number of ether oxygens (including phenoxy) is 2. The highest BCUT2D eigenvalue weighted by Gasteiger charge is 2.15. The number of hydrogen-bond acceptors (Lipinski definition) is 3. The van der Waals surface area contributed by atoms with Gasteiger partial charge in [0.1, 0.15) is 11.9 Å². The summed E-state index contributed by atoms with van der Waals surface area (Å²) < 4.78 is 11.2. The molecule has 3 nitrogen and oxygen atoms in total. The lowest BCUT2D eigenvalue weighted by Gasteiger charge is -2.23. The molecule has 4 heteroatoms. The second-order valence-corrected chi connectivity index (χ2v) is 4.49. The first-order valence-corrected chi connectivity index (χ1v) is 6.66. The molecule has 2 rings (SSSR count). The number of pyridine rings is 1. The Morgan fingerprint density at radius 1 is 1.50 bits per heavy atom. The normalized spacial score (nSPS) is 18.8. The van der Waals surface area contributed by atoms with Gasteiger partial charge in [-0.2, -0.15) is 0 Å². The van der Waals surface area contributed by atoms with Crippen molar-refractivity contribution in [1.29, 1.82) is 0 Å². The van der Waals surface area contributed by atoms with Crippen molar-refractivity contribution >= 4 is 11.6 Å². The SMILES string of the molecule is ClCCC#Cc1cncc(OC2CCCOC2)c1. The van der Waals surface area contributed by atoms with Crippen molar-refractivity contribution in [2.24, 2.45) is 0 Å². The third kappa shape index (κ3) is 4.21. The minimum absolute atomic E-state index is 0.131. The summed E-state index contributed by atoms with van der Waals surface area (Å²) in [5.74, 6) is 7.30. The molecule has 1 aromatic rings. The molecule has 1 fully saturated rings. The molecule has 1 aliphatic heterocycles. The van der Waals surface area contributed by atoms with Gasteiger partial charge in [0.15, 0.2) is 0 Å². The van der Waals surface area contributed by atoms with Gasteiger partial charge in [0.25, 0.3) is 0 Å². The summed E-state index contributed by atoms with van der Waals surface area (Å²) in [4.78, 5) is 4.13. The van der Waals surface area contributed by atoms with Gasteiger partial charge in [0, 0.05) is 30.7 Å². The van der Waals surface area contributed by atoms with E-state index in [9.17, 15) is 0 Å². The van der Waals surface area contributed by atoms with E-state index < -0.39 is 0 Å². The lowest BCUT2D eigenvalue weighted by atomic mass is 10.2. The summed E-state index contributed by atoms with van der Waals surface area (Å²) in [5.41, 5.74) is 0.856. The Labute approximate surface area is 112 Å². The van der Waals surface area contributed by atoms with Gasteiger partial charge in [-0.1, -0.05) is 11.8 Å². The van der Waals surface area contributed by atoms with E-state index in [1.54, 1.807) is 12.4 Å². The number of rotatable bonds is 3. The third-order valence-electron chi connectivity index (χ3n) is 2.59. The predicted molar refractivity (Wildman–Crippen MR) is 70.9 cm³/mol. The average Bonchev–Trinajstić information content (AvgIpc) is 2.41. The molecule has 1 saturated heterocycles. The molecule has 0 radical (unpaired) electrons. The molecule has 0 N–H and O–H groups in total. The van der Waals surface area contributed by atoms with E-state index in [0.29, 0.717) is 18.9 Å². The first-order chi connectivity index (χ1) is 8.88. The van der Waals surface area contributed by atoms with Crippen LogP contribution in [0.5, 0.6) is 5.75 Å². The largest absolute Gasteiger partial charge is 0.486 e. The zero-order valence-corrected chi connectivity index (χ0v) is 10.9. The van der Waals surface area contributed by atoms with Crippen molar-refractivity contribution in [3.05, 3.63) is 24.0 Å². The van der Waals surface area contributed by atoms with E-state index >= 15 is 0 Å². The van der Waals surface area contributed by atoms with Crippen molar-refractivity contribution in [2.75, 3.05) is 19.1 Å². The molecule has 1 aliphatic rings. The summed E-state index contributed by atoms with van der Waals surface area (Å²) in [6.45, 7) is 1.49. The van der Waals surface area contributed by atoms with Crippen LogP contribution in [0.2, 0.25) is 0 Å². The Hall–Kier alpha value is -1.24. The van der Waals surface area contributed by atoms with Gasteiger partial charge in [-0.15, -0.1) is 11.6 Å². The maximum absolute atomic E-state index is 5.82. The van der Waals surface area contributed by atoms with Crippen LogP contribution < -0.4 is 4.74 Å². The van der Waals surface area contributed by atoms with E-state index in [1.807, 2.05) is 6.07 Å². The van der Waals surface area contributed by atoms with Gasteiger partial charge >= 0.3 is 0 Å². The van der Waals surface area contributed by atoms with Gasteiger partial charge in [-0.05, 0) is 18.9 Å². The monoisotopic (exact) mass is 265 g/mol. The quantitative estimate of drug-likeness (QED) is 0.622. The molecule has 18 heavy (non-hydrogen) atoms. The van der Waals surface area contributed by atoms with Crippen LogP contribution in [0.25, 0.3) is 0 Å². The van der Waals surface area contributed by atoms with Crippen molar-refractivity contribution in [3.63, 3.8) is 0 Å². The van der Waals surface area contributed by atoms with Gasteiger partial charge in [-0.25, -0.2) is 0 Å². The molecule has 0 aromatic carbocycles. The minimum atomic E-state index is 0.131. The van der Waals surface area contributed by atoms with Gasteiger partial charge in [-0.3, -0.25) is 4.98 Å². The van der Waals surface area contributed by atoms with Crippen LogP contribution >= 0.6 is 11.6 Å². The number of aromatic nitrogens is 1. The van der Waals surface area contributed by atoms with Crippen LogP contribution in [0.4, 0.5) is 0 Å². The topological polar surface area (TPSA) is 31.4 Å². The number of halogens is 1. The van der Waals surface area contributed by atoms with Crippen molar-refractivity contribution in [1.82, 2.24) is 4.98 Å². The lowest BCUT2D eigenvalue weighted by Crippen LogP contribution is -2.28. The maximum Gasteiger partial charge on any atom is 0.139 e. The molecule has 2 heterocycles. The number of nitrogens with zero attached hydrogens (tertiary/aromatic N) is 1. The molecular formula is C14H16ClNO2. The van der Waals surface area contributed by atoms with Crippen LogP contribution in [-0.2, 0) is 4.74 Å². The first kappa shape index (κ1) is 13.2. The van der Waals surface area contributed by atoms with Crippen molar-refractivity contribution in [2.45, 2.75) is 25.4 Å². The predicted octanol–water partition coefficient (Wildman–Crippen LogP) is 2.62. The second-order valence-electron chi connectivity index (χ2n) is 4.11. The maximum atomic E-state index is 5.82. The second kappa shape index (κ2) is 7.25. The van der Waals surface area contributed by atoms with Crippen LogP contribution in [0.3, 0.4) is 0 Å². The fourth-order valence-electron chi connectivity index (χ4n) is 1.76. The fraction of sp³-hybridized carbons (Fsp3) is 0.500. The van der Waals surface area contributed by atoms with Crippen LogP contribution in [0.15, 0.2) is 18.5 Å². The zero-order valence-electron chi connectivity index (χ0n) is 10.2. The molecular weight excluding hydrogens is 250 g/mol. The molecule has 0 saturated carbocycles. The minimum Gasteiger partial charge on any atom is -0.486 e. The van der Waals surface area contributed by atoms with Gasteiger partial charge in [0.2, 0.25) is 0 Å². The summed E-state index contributed by atoms with van der Waals surface area (Å²) >= 11 is 5.57. The van der Waals surface area contributed by atoms with E-state index in [0.717, 1.165) is 30.8 Å². The zero-order chi connectivity index (χ0) is 12.6. The molecule has 96 valence electrons. The molecule has 0 bridgehead atoms. The molecule has 1 atom stereocenters. The highest BCUT2D eigenvalue weighted by molar-refractivity contribution is 6.18. The van der Waals surface area contributed by atoms with Gasteiger partial charge < -0.3 is 9.47 Å². The average molecular weight is 266 g/mol. The number of hydrogen-bond donors (Lipinski definition) is 0. The smallest absolute Gasteiger partial charge is 0.139 e. The van der Waals surface area contributed by atoms with E-state index in [2.05, 4.69) is 16.8 Å². The third-order valence-corrected chi connectivity index (χ3v) is 2.78. The number of alkyl halides is 1. The molecule has 0 aliphatic carbocycles. The molecule has 0 amide bonds. The Balaban J connectivity index is 1.96. The van der Waals surface area contributed by atoms with Crippen molar-refractivity contribution in [3.8, 4) is 17.6 Å². The van der Waals surface area contributed by atoms with E-state index in [-0.39, 0.29) is 6.10 Å². The Morgan fingerprint density at radius 2 is 2.44 bits per heavy atom. The first-order valence-electron chi connectivity index (χ1n) is 6.13. The van der Waals surface area contributed by atoms with Crippen molar-refractivity contribution < 1.29 is 9.47 Å². The summed E-state index contributed by atoms with van der Waals surface area (Å²) in [5, 5.41) is 0.